The predicted octanol–water partition coefficient (Wildman–Crippen LogP) is 3.18. The molecule has 0 bridgehead atoms. The van der Waals surface area contributed by atoms with Gasteiger partial charge in [0.25, 0.3) is 0 Å². The summed E-state index contributed by atoms with van der Waals surface area (Å²) >= 11 is 0. The van der Waals surface area contributed by atoms with Crippen molar-refractivity contribution in [3.8, 4) is 0 Å². The molecule has 70 valence electrons. The molecule has 0 fully saturated rings. The van der Waals surface area contributed by atoms with Gasteiger partial charge in [0.1, 0.15) is 0 Å². The van der Waals surface area contributed by atoms with Gasteiger partial charge in [-0.25, -0.2) is 0 Å². The monoisotopic (exact) mass is 190 g/mol. The van der Waals surface area contributed by atoms with Crippen LogP contribution in [0.1, 0.15) is 6.92 Å². The highest BCUT2D eigenvalue weighted by Gasteiger charge is 2.27. The van der Waals surface area contributed by atoms with Crippen LogP contribution in [-0.2, 0) is 0 Å². The fraction of sp³-hybridized carbons (Fsp3) is 0.333. The molecule has 0 aliphatic rings. The third-order valence-electron chi connectivity index (χ3n) is 3.01. The number of hydrogen-bond donors (Lipinski definition) is 0. The van der Waals surface area contributed by atoms with Crippen LogP contribution in [0.15, 0.2) is 43.0 Å². The molecule has 1 aromatic rings. The summed E-state index contributed by atoms with van der Waals surface area (Å²) in [4.78, 5) is 0. The van der Waals surface area contributed by atoms with E-state index in [1.165, 1.54) is 5.19 Å². The summed E-state index contributed by atoms with van der Waals surface area (Å²) in [6.07, 6.45) is 2.08. The van der Waals surface area contributed by atoms with E-state index in [0.717, 1.165) is 0 Å². The number of allylic oxidation sites excluding steroid dienone is 1. The van der Waals surface area contributed by atoms with Crippen LogP contribution in [-0.4, -0.2) is 8.07 Å². The fourth-order valence-electron chi connectivity index (χ4n) is 1.43. The zero-order valence-corrected chi connectivity index (χ0v) is 9.75. The molecule has 0 amide bonds. The Hall–Kier alpha value is -0.823. The van der Waals surface area contributed by atoms with E-state index in [0.29, 0.717) is 5.54 Å². The Bertz CT molecular complexity index is 274. The summed E-state index contributed by atoms with van der Waals surface area (Å²) < 4.78 is 0. The Kier molecular flexibility index (Phi) is 3.10. The Morgan fingerprint density at radius 2 is 1.77 bits per heavy atom. The molecule has 13 heavy (non-hydrogen) atoms. The van der Waals surface area contributed by atoms with Crippen molar-refractivity contribution in [3.05, 3.63) is 43.0 Å². The molecule has 0 saturated heterocycles. The molecular weight excluding hydrogens is 172 g/mol. The minimum absolute atomic E-state index is 0.634. The van der Waals surface area contributed by atoms with Crippen molar-refractivity contribution in [1.29, 1.82) is 0 Å². The van der Waals surface area contributed by atoms with Gasteiger partial charge in [0.15, 0.2) is 0 Å². The van der Waals surface area contributed by atoms with E-state index in [4.69, 9.17) is 0 Å². The van der Waals surface area contributed by atoms with Crippen LogP contribution in [0.2, 0.25) is 18.6 Å². The van der Waals surface area contributed by atoms with Crippen molar-refractivity contribution in [3.63, 3.8) is 0 Å². The fourth-order valence-corrected chi connectivity index (χ4v) is 3.59. The van der Waals surface area contributed by atoms with Gasteiger partial charge in [0.2, 0.25) is 0 Å². The molecule has 1 atom stereocenters. The molecule has 1 unspecified atom stereocenters. The maximum absolute atomic E-state index is 3.89. The molecule has 1 aromatic carbocycles. The summed E-state index contributed by atoms with van der Waals surface area (Å²) in [5.74, 6) is 0. The average Bonchev–Trinajstić information content (AvgIpc) is 2.18. The normalized spacial score (nSPS) is 13.8. The second-order valence-electron chi connectivity index (χ2n) is 4.11. The molecule has 0 N–H and O–H groups in total. The van der Waals surface area contributed by atoms with Gasteiger partial charge in [-0.15, -0.1) is 6.58 Å². The van der Waals surface area contributed by atoms with Gasteiger partial charge in [0, 0.05) is 0 Å². The van der Waals surface area contributed by atoms with Crippen LogP contribution in [0, 0.1) is 0 Å². The first kappa shape index (κ1) is 10.3. The summed E-state index contributed by atoms with van der Waals surface area (Å²) in [5, 5.41) is 1.52. The molecule has 0 heterocycles. The van der Waals surface area contributed by atoms with Crippen molar-refractivity contribution in [2.45, 2.75) is 25.6 Å². The molecule has 1 heteroatoms. The lowest BCUT2D eigenvalue weighted by Gasteiger charge is -2.27. The lowest BCUT2D eigenvalue weighted by atomic mass is 10.4. The van der Waals surface area contributed by atoms with Gasteiger partial charge in [-0.3, -0.25) is 0 Å². The molecule has 1 rings (SSSR count). The Morgan fingerprint density at radius 3 is 2.23 bits per heavy atom. The van der Waals surface area contributed by atoms with Crippen molar-refractivity contribution in [1.82, 2.24) is 0 Å². The van der Waals surface area contributed by atoms with E-state index in [1.54, 1.807) is 0 Å². The third kappa shape index (κ3) is 2.10. The Morgan fingerprint density at radius 1 is 1.23 bits per heavy atom. The topological polar surface area (TPSA) is 0 Å². The van der Waals surface area contributed by atoms with Crippen LogP contribution in [0.4, 0.5) is 0 Å². The van der Waals surface area contributed by atoms with E-state index >= 15 is 0 Å². The lowest BCUT2D eigenvalue weighted by Crippen LogP contribution is -2.44. The summed E-state index contributed by atoms with van der Waals surface area (Å²) in [6.45, 7) is 11.0. The standard InChI is InChI=1S/C12H18Si/c1-5-11(2)13(3,4)12-9-7-6-8-10-12/h5-11H,1H2,2-4H3. The molecule has 0 aliphatic carbocycles. The highest BCUT2D eigenvalue weighted by Crippen LogP contribution is 2.21. The quantitative estimate of drug-likeness (QED) is 0.507. The highest BCUT2D eigenvalue weighted by molar-refractivity contribution is 6.91. The van der Waals surface area contributed by atoms with Gasteiger partial charge in [-0.05, 0) is 5.54 Å². The minimum atomic E-state index is -1.30. The third-order valence-corrected chi connectivity index (χ3v) is 7.34. The zero-order chi connectivity index (χ0) is 9.90. The maximum atomic E-state index is 3.89. The van der Waals surface area contributed by atoms with Crippen LogP contribution in [0.3, 0.4) is 0 Å². The van der Waals surface area contributed by atoms with E-state index in [1.807, 2.05) is 0 Å². The maximum Gasteiger partial charge on any atom is 0.0870 e. The smallest absolute Gasteiger partial charge is 0.0870 e. The molecular formula is C12H18Si. The Balaban J connectivity index is 3.00. The molecule has 0 aliphatic heterocycles. The number of hydrogen-bond acceptors (Lipinski definition) is 0. The van der Waals surface area contributed by atoms with E-state index in [-0.39, 0.29) is 0 Å². The van der Waals surface area contributed by atoms with E-state index in [9.17, 15) is 0 Å². The second-order valence-corrected chi connectivity index (χ2v) is 9.04. The largest absolute Gasteiger partial charge is 0.103 e. The predicted molar refractivity (Wildman–Crippen MR) is 63.2 cm³/mol. The first-order valence-corrected chi connectivity index (χ1v) is 7.85. The van der Waals surface area contributed by atoms with Gasteiger partial charge in [0.05, 0.1) is 8.07 Å². The van der Waals surface area contributed by atoms with Gasteiger partial charge in [-0.2, -0.15) is 0 Å². The summed E-state index contributed by atoms with van der Waals surface area (Å²) in [7, 11) is -1.30. The first-order chi connectivity index (χ1) is 6.09. The summed E-state index contributed by atoms with van der Waals surface area (Å²) in [6, 6.07) is 10.8. The minimum Gasteiger partial charge on any atom is -0.103 e. The van der Waals surface area contributed by atoms with Gasteiger partial charge >= 0.3 is 0 Å². The number of benzene rings is 1. The molecule has 0 nitrogen and oxygen atoms in total. The van der Waals surface area contributed by atoms with Crippen LogP contribution >= 0.6 is 0 Å². The van der Waals surface area contributed by atoms with Crippen molar-refractivity contribution >= 4 is 13.3 Å². The Labute approximate surface area is 82.3 Å². The molecule has 0 saturated carbocycles. The van der Waals surface area contributed by atoms with E-state index < -0.39 is 8.07 Å². The highest BCUT2D eigenvalue weighted by atomic mass is 28.3. The van der Waals surface area contributed by atoms with Gasteiger partial charge < -0.3 is 0 Å². The van der Waals surface area contributed by atoms with E-state index in [2.05, 4.69) is 63.0 Å². The second kappa shape index (κ2) is 3.92. The lowest BCUT2D eigenvalue weighted by molar-refractivity contribution is 1.14. The SMILES string of the molecule is C=CC(C)[Si](C)(C)c1ccccc1. The van der Waals surface area contributed by atoms with Crippen LogP contribution in [0.25, 0.3) is 0 Å². The first-order valence-electron chi connectivity index (χ1n) is 4.77. The molecule has 0 spiro atoms. The van der Waals surface area contributed by atoms with Crippen LogP contribution in [0.5, 0.6) is 0 Å². The summed E-state index contributed by atoms with van der Waals surface area (Å²) in [5.41, 5.74) is 0.634. The van der Waals surface area contributed by atoms with Crippen molar-refractivity contribution in [2.75, 3.05) is 0 Å². The van der Waals surface area contributed by atoms with Crippen molar-refractivity contribution < 1.29 is 0 Å². The number of rotatable bonds is 3. The average molecular weight is 190 g/mol. The zero-order valence-electron chi connectivity index (χ0n) is 8.75. The molecule has 0 aromatic heterocycles. The van der Waals surface area contributed by atoms with Crippen molar-refractivity contribution in [2.24, 2.45) is 0 Å². The van der Waals surface area contributed by atoms with Crippen LogP contribution < -0.4 is 5.19 Å². The molecule has 0 radical (unpaired) electrons. The van der Waals surface area contributed by atoms with Gasteiger partial charge in [-0.1, -0.05) is 61.6 Å².